The molecule has 2 aromatic rings. The van der Waals surface area contributed by atoms with E-state index in [1.807, 2.05) is 0 Å². The molecule has 128 valence electrons. The number of carbonyl (C=O) groups excluding carboxylic acids is 1. The maximum Gasteiger partial charge on any atom is 0.416 e. The lowest BCUT2D eigenvalue weighted by atomic mass is 10.1. The van der Waals surface area contributed by atoms with Crippen LogP contribution in [0.15, 0.2) is 42.5 Å². The maximum absolute atomic E-state index is 12.7. The van der Waals surface area contributed by atoms with Gasteiger partial charge in [0, 0.05) is 17.3 Å². The van der Waals surface area contributed by atoms with Crippen molar-refractivity contribution in [1.29, 1.82) is 0 Å². The summed E-state index contributed by atoms with van der Waals surface area (Å²) < 4.78 is 43.1. The fraction of sp³-hybridized carbons (Fsp3) is 0.235. The van der Waals surface area contributed by atoms with Crippen molar-refractivity contribution in [3.8, 4) is 5.75 Å². The minimum Gasteiger partial charge on any atom is -0.496 e. The average molecular weight is 339 g/mol. The van der Waals surface area contributed by atoms with Crippen molar-refractivity contribution in [1.82, 2.24) is 0 Å². The average Bonchev–Trinajstić information content (AvgIpc) is 2.54. The number of hydrogen-bond acceptors (Lipinski definition) is 3. The van der Waals surface area contributed by atoms with Crippen molar-refractivity contribution in [2.45, 2.75) is 19.2 Å². The molecular weight excluding hydrogens is 323 g/mol. The predicted molar refractivity (Wildman–Crippen MR) is 82.7 cm³/mol. The maximum atomic E-state index is 12.7. The molecule has 0 saturated carbocycles. The molecule has 2 rings (SSSR count). The molecule has 24 heavy (non-hydrogen) atoms. The summed E-state index contributed by atoms with van der Waals surface area (Å²) in [5.74, 6) is -0.0394. The Morgan fingerprint density at radius 2 is 1.96 bits per heavy atom. The molecule has 0 aliphatic carbocycles. The number of rotatable bonds is 5. The van der Waals surface area contributed by atoms with Crippen molar-refractivity contribution < 1.29 is 27.8 Å². The predicted octanol–water partition coefficient (Wildman–Crippen LogP) is 3.39. The van der Waals surface area contributed by atoms with E-state index in [1.54, 1.807) is 12.1 Å². The molecule has 1 amide bonds. The lowest BCUT2D eigenvalue weighted by Crippen LogP contribution is -2.15. The highest BCUT2D eigenvalue weighted by molar-refractivity contribution is 5.92. The minimum atomic E-state index is -4.44. The Balaban J connectivity index is 2.09. The minimum absolute atomic E-state index is 0.187. The summed E-state index contributed by atoms with van der Waals surface area (Å²) in [7, 11) is 1.43. The van der Waals surface area contributed by atoms with Crippen molar-refractivity contribution in [3.05, 3.63) is 59.2 Å². The lowest BCUT2D eigenvalue weighted by molar-refractivity contribution is -0.137. The van der Waals surface area contributed by atoms with Crippen LogP contribution in [0.3, 0.4) is 0 Å². The number of hydrogen-bond donors (Lipinski definition) is 2. The molecule has 0 aromatic heterocycles. The Labute approximate surface area is 136 Å². The van der Waals surface area contributed by atoms with E-state index in [-0.39, 0.29) is 18.6 Å². The van der Waals surface area contributed by atoms with Gasteiger partial charge in [0.15, 0.2) is 0 Å². The molecule has 0 atom stereocenters. The van der Waals surface area contributed by atoms with E-state index in [9.17, 15) is 18.0 Å². The number of benzene rings is 2. The van der Waals surface area contributed by atoms with Crippen molar-refractivity contribution in [2.24, 2.45) is 0 Å². The first-order valence-electron chi connectivity index (χ1n) is 7.07. The van der Waals surface area contributed by atoms with Gasteiger partial charge in [-0.25, -0.2) is 0 Å². The van der Waals surface area contributed by atoms with Gasteiger partial charge in [0.05, 0.1) is 25.7 Å². The topological polar surface area (TPSA) is 58.6 Å². The van der Waals surface area contributed by atoms with Crippen LogP contribution in [0.2, 0.25) is 0 Å². The van der Waals surface area contributed by atoms with Gasteiger partial charge in [-0.15, -0.1) is 0 Å². The monoisotopic (exact) mass is 339 g/mol. The molecule has 2 N–H and O–H groups in total. The van der Waals surface area contributed by atoms with Crippen LogP contribution >= 0.6 is 0 Å². The number of nitrogens with one attached hydrogen (secondary N) is 1. The SMILES string of the molecule is COc1cc(NC(=O)Cc2cccc(C(F)(F)F)c2)ccc1CO. The van der Waals surface area contributed by atoms with E-state index in [1.165, 1.54) is 25.3 Å². The second kappa shape index (κ2) is 7.35. The standard InChI is InChI=1S/C17H16F3NO3/c1-24-15-9-14(6-5-12(15)10-22)21-16(23)8-11-3-2-4-13(7-11)17(18,19)20/h2-7,9,22H,8,10H2,1H3,(H,21,23). The number of ether oxygens (including phenoxy) is 1. The summed E-state index contributed by atoms with van der Waals surface area (Å²) in [5, 5.41) is 11.7. The van der Waals surface area contributed by atoms with Gasteiger partial charge < -0.3 is 15.2 Å². The molecular formula is C17H16F3NO3. The molecule has 0 saturated heterocycles. The Hall–Kier alpha value is -2.54. The molecule has 0 aliphatic rings. The fourth-order valence-electron chi connectivity index (χ4n) is 2.20. The van der Waals surface area contributed by atoms with Crippen LogP contribution in [-0.2, 0) is 24.0 Å². The van der Waals surface area contributed by atoms with E-state index in [0.717, 1.165) is 12.1 Å². The molecule has 0 bridgehead atoms. The van der Waals surface area contributed by atoms with Gasteiger partial charge in [0.2, 0.25) is 5.91 Å². The summed E-state index contributed by atoms with van der Waals surface area (Å²) in [6, 6.07) is 9.36. The number of aliphatic hydroxyl groups is 1. The first-order chi connectivity index (χ1) is 11.3. The van der Waals surface area contributed by atoms with Crippen LogP contribution < -0.4 is 10.1 Å². The van der Waals surface area contributed by atoms with E-state index in [4.69, 9.17) is 9.84 Å². The first-order valence-corrected chi connectivity index (χ1v) is 7.07. The Morgan fingerprint density at radius 3 is 2.58 bits per heavy atom. The van der Waals surface area contributed by atoms with Crippen LogP contribution in [0, 0.1) is 0 Å². The van der Waals surface area contributed by atoms with Gasteiger partial charge in [-0.05, 0) is 17.7 Å². The Bertz CT molecular complexity index is 729. The van der Waals surface area contributed by atoms with Gasteiger partial charge in [-0.2, -0.15) is 13.2 Å². The van der Waals surface area contributed by atoms with Crippen LogP contribution in [-0.4, -0.2) is 18.1 Å². The van der Waals surface area contributed by atoms with Crippen molar-refractivity contribution in [3.63, 3.8) is 0 Å². The third-order valence-corrected chi connectivity index (χ3v) is 3.36. The number of halogens is 3. The second-order valence-electron chi connectivity index (χ2n) is 5.11. The number of amides is 1. The van der Waals surface area contributed by atoms with Gasteiger partial charge in [-0.1, -0.05) is 24.3 Å². The molecule has 4 nitrogen and oxygen atoms in total. The van der Waals surface area contributed by atoms with E-state index in [2.05, 4.69) is 5.32 Å². The zero-order valence-corrected chi connectivity index (χ0v) is 12.9. The molecule has 2 aromatic carbocycles. The highest BCUT2D eigenvalue weighted by atomic mass is 19.4. The number of aliphatic hydroxyl groups excluding tert-OH is 1. The third kappa shape index (κ3) is 4.48. The Kier molecular flexibility index (Phi) is 5.46. The molecule has 0 aliphatic heterocycles. The third-order valence-electron chi connectivity index (χ3n) is 3.36. The van der Waals surface area contributed by atoms with Crippen LogP contribution in [0.25, 0.3) is 0 Å². The normalized spacial score (nSPS) is 11.2. The van der Waals surface area contributed by atoms with E-state index in [0.29, 0.717) is 17.0 Å². The molecule has 0 fully saturated rings. The number of anilines is 1. The van der Waals surface area contributed by atoms with Gasteiger partial charge in [0.1, 0.15) is 5.75 Å². The largest absolute Gasteiger partial charge is 0.496 e. The first kappa shape index (κ1) is 17.8. The lowest BCUT2D eigenvalue weighted by Gasteiger charge is -2.11. The zero-order chi connectivity index (χ0) is 17.7. The van der Waals surface area contributed by atoms with Crippen molar-refractivity contribution in [2.75, 3.05) is 12.4 Å². The van der Waals surface area contributed by atoms with E-state index >= 15 is 0 Å². The van der Waals surface area contributed by atoms with Crippen LogP contribution in [0.4, 0.5) is 18.9 Å². The summed E-state index contributed by atoms with van der Waals surface area (Å²) in [6.07, 6.45) is -4.63. The highest BCUT2D eigenvalue weighted by Gasteiger charge is 2.30. The molecule has 7 heteroatoms. The zero-order valence-electron chi connectivity index (χ0n) is 12.9. The number of methoxy groups -OCH3 is 1. The van der Waals surface area contributed by atoms with E-state index < -0.39 is 17.6 Å². The summed E-state index contributed by atoms with van der Waals surface area (Å²) in [4.78, 5) is 12.0. The van der Waals surface area contributed by atoms with Gasteiger partial charge >= 0.3 is 6.18 Å². The smallest absolute Gasteiger partial charge is 0.416 e. The fourth-order valence-corrected chi connectivity index (χ4v) is 2.20. The van der Waals surface area contributed by atoms with Crippen LogP contribution in [0.1, 0.15) is 16.7 Å². The summed E-state index contributed by atoms with van der Waals surface area (Å²) >= 11 is 0. The van der Waals surface area contributed by atoms with Crippen molar-refractivity contribution >= 4 is 11.6 Å². The Morgan fingerprint density at radius 1 is 1.21 bits per heavy atom. The van der Waals surface area contributed by atoms with Gasteiger partial charge in [-0.3, -0.25) is 4.79 Å². The summed E-state index contributed by atoms with van der Waals surface area (Å²) in [6.45, 7) is -0.207. The van der Waals surface area contributed by atoms with Crippen LogP contribution in [0.5, 0.6) is 5.75 Å². The molecule has 0 unspecified atom stereocenters. The molecule has 0 heterocycles. The molecule has 0 spiro atoms. The molecule has 0 radical (unpaired) electrons. The number of carbonyl (C=O) groups is 1. The number of alkyl halides is 3. The summed E-state index contributed by atoms with van der Waals surface area (Å²) in [5.41, 5.74) is 0.470. The highest BCUT2D eigenvalue weighted by Crippen LogP contribution is 2.29. The van der Waals surface area contributed by atoms with Gasteiger partial charge in [0.25, 0.3) is 0 Å². The quantitative estimate of drug-likeness (QED) is 0.878. The second-order valence-corrected chi connectivity index (χ2v) is 5.11.